The van der Waals surface area contributed by atoms with E-state index < -0.39 is 6.09 Å². The van der Waals surface area contributed by atoms with Crippen LogP contribution in [0.3, 0.4) is 0 Å². The molecule has 3 aliphatic rings. The molecule has 2 aliphatic heterocycles. The molecule has 1 saturated heterocycles. The molecule has 0 radical (unpaired) electrons. The van der Waals surface area contributed by atoms with Crippen molar-refractivity contribution in [2.75, 3.05) is 24.5 Å². The Hall–Kier alpha value is -1.55. The van der Waals surface area contributed by atoms with Crippen LogP contribution in [-0.4, -0.2) is 41.8 Å². The third kappa shape index (κ3) is 2.71. The summed E-state index contributed by atoms with van der Waals surface area (Å²) in [4.78, 5) is 15.9. The zero-order valence-corrected chi connectivity index (χ0v) is 14.4. The highest BCUT2D eigenvalue weighted by Gasteiger charge is 2.46. The van der Waals surface area contributed by atoms with Crippen molar-refractivity contribution < 1.29 is 11.3 Å². The maximum atomic E-state index is 11.7. The highest BCUT2D eigenvalue weighted by molar-refractivity contribution is 5.90. The van der Waals surface area contributed by atoms with Gasteiger partial charge in [0.25, 0.3) is 0 Å². The first-order valence-electron chi connectivity index (χ1n) is 9.54. The summed E-state index contributed by atoms with van der Waals surface area (Å²) in [7, 11) is 0. The molecule has 0 bridgehead atoms. The van der Waals surface area contributed by atoms with Gasteiger partial charge in [-0.3, -0.25) is 4.90 Å². The van der Waals surface area contributed by atoms with Gasteiger partial charge in [-0.2, -0.15) is 0 Å². The van der Waals surface area contributed by atoms with Gasteiger partial charge in [0.05, 0.1) is 5.69 Å². The predicted octanol–water partition coefficient (Wildman–Crippen LogP) is 4.49. The lowest BCUT2D eigenvalue weighted by Gasteiger charge is -2.43. The van der Waals surface area contributed by atoms with Gasteiger partial charge in [-0.1, -0.05) is 43.9 Å². The van der Waals surface area contributed by atoms with Crippen LogP contribution < -0.4 is 4.90 Å². The van der Waals surface area contributed by atoms with Crippen LogP contribution in [-0.2, 0) is 5.41 Å². The summed E-state index contributed by atoms with van der Waals surface area (Å²) in [5.74, 6) is 0. The molecule has 0 aromatic heterocycles. The van der Waals surface area contributed by atoms with Crippen molar-refractivity contribution in [3.63, 3.8) is 0 Å². The Bertz CT molecular complexity index is 605. The lowest BCUT2D eigenvalue weighted by molar-refractivity contribution is 0.109. The van der Waals surface area contributed by atoms with E-state index in [0.29, 0.717) is 6.54 Å². The minimum absolute atomic E-state index is 0. The van der Waals surface area contributed by atoms with Gasteiger partial charge in [0.15, 0.2) is 0 Å². The molecule has 2 fully saturated rings. The number of nitrogens with zero attached hydrogens (tertiary/aromatic N) is 2. The maximum absolute atomic E-state index is 11.7. The van der Waals surface area contributed by atoms with Crippen LogP contribution in [0.1, 0.15) is 58.4 Å². The molecule has 1 amide bonds. The SMILES string of the molecule is O=C(O)N1CC2(CCN(C3CCCCCC3)CC2)c2ccccc21.[HH]. The number of anilines is 1. The first kappa shape index (κ1) is 15.9. The first-order chi connectivity index (χ1) is 11.7. The molecule has 2 heterocycles. The summed E-state index contributed by atoms with van der Waals surface area (Å²) in [6, 6.07) is 8.89. The van der Waals surface area contributed by atoms with E-state index in [-0.39, 0.29) is 6.84 Å². The third-order valence-corrected chi connectivity index (χ3v) is 6.55. The monoisotopic (exact) mass is 330 g/mol. The van der Waals surface area contributed by atoms with E-state index in [9.17, 15) is 9.90 Å². The number of amides is 1. The number of piperidine rings is 1. The molecular formula is C20H30N2O2. The zero-order chi connectivity index (χ0) is 16.6. The molecule has 1 aromatic rings. The van der Waals surface area contributed by atoms with Crippen LogP contribution >= 0.6 is 0 Å². The normalized spacial score (nSPS) is 24.8. The first-order valence-corrected chi connectivity index (χ1v) is 9.54. The van der Waals surface area contributed by atoms with Gasteiger partial charge in [0.2, 0.25) is 0 Å². The van der Waals surface area contributed by atoms with E-state index in [1.165, 1.54) is 44.1 Å². The topological polar surface area (TPSA) is 43.8 Å². The molecule has 1 saturated carbocycles. The molecule has 24 heavy (non-hydrogen) atoms. The largest absolute Gasteiger partial charge is 0.465 e. The Kier molecular flexibility index (Phi) is 4.25. The van der Waals surface area contributed by atoms with Gasteiger partial charge in [-0.25, -0.2) is 4.79 Å². The van der Waals surface area contributed by atoms with E-state index in [2.05, 4.69) is 17.0 Å². The number of benzene rings is 1. The Labute approximate surface area is 145 Å². The van der Waals surface area contributed by atoms with Crippen molar-refractivity contribution in [3.05, 3.63) is 29.8 Å². The van der Waals surface area contributed by atoms with Crippen molar-refractivity contribution >= 4 is 11.8 Å². The third-order valence-electron chi connectivity index (χ3n) is 6.55. The molecule has 4 nitrogen and oxygen atoms in total. The van der Waals surface area contributed by atoms with E-state index in [1.807, 2.05) is 12.1 Å². The summed E-state index contributed by atoms with van der Waals surface area (Å²) in [5, 5.41) is 9.58. The quantitative estimate of drug-likeness (QED) is 0.772. The second-order valence-corrected chi connectivity index (χ2v) is 7.85. The second-order valence-electron chi connectivity index (χ2n) is 7.85. The van der Waals surface area contributed by atoms with E-state index in [0.717, 1.165) is 37.7 Å². The summed E-state index contributed by atoms with van der Waals surface area (Å²) in [5.41, 5.74) is 2.21. The molecule has 4 rings (SSSR count). The predicted molar refractivity (Wildman–Crippen MR) is 97.9 cm³/mol. The van der Waals surface area contributed by atoms with Crippen molar-refractivity contribution in [2.45, 2.75) is 62.8 Å². The van der Waals surface area contributed by atoms with Crippen LogP contribution in [0.15, 0.2) is 24.3 Å². The Balaban J connectivity index is 0.00000182. The molecule has 1 aromatic carbocycles. The number of carbonyl (C=O) groups is 1. The summed E-state index contributed by atoms with van der Waals surface area (Å²) >= 11 is 0. The minimum atomic E-state index is -0.814. The number of rotatable bonds is 1. The highest BCUT2D eigenvalue weighted by atomic mass is 16.4. The van der Waals surface area contributed by atoms with Crippen LogP contribution in [0.25, 0.3) is 0 Å². The van der Waals surface area contributed by atoms with Crippen molar-refractivity contribution in [2.24, 2.45) is 0 Å². The lowest BCUT2D eigenvalue weighted by Crippen LogP contribution is -2.49. The number of fused-ring (bicyclic) bond motifs is 2. The van der Waals surface area contributed by atoms with Gasteiger partial charge in [0, 0.05) is 19.4 Å². The van der Waals surface area contributed by atoms with E-state index in [1.54, 1.807) is 4.90 Å². The standard InChI is InChI=1S/C20H28N2O2.H2/c23-19(24)22-15-20(17-9-5-6-10-18(17)22)11-13-21(14-12-20)16-7-3-1-2-4-8-16;/h5-6,9-10,16H,1-4,7-8,11-15H2,(H,23,24);1H. The van der Waals surface area contributed by atoms with Crippen LogP contribution in [0.4, 0.5) is 10.5 Å². The van der Waals surface area contributed by atoms with Crippen molar-refractivity contribution in [1.82, 2.24) is 4.90 Å². The average molecular weight is 330 g/mol. The molecule has 4 heteroatoms. The number of para-hydroxylation sites is 1. The molecule has 1 aliphatic carbocycles. The van der Waals surface area contributed by atoms with Crippen molar-refractivity contribution in [3.8, 4) is 0 Å². The molecule has 1 N–H and O–H groups in total. The van der Waals surface area contributed by atoms with Gasteiger partial charge >= 0.3 is 6.09 Å². The average Bonchev–Trinajstić information content (AvgIpc) is 2.77. The maximum Gasteiger partial charge on any atom is 0.411 e. The number of likely N-dealkylation sites (tertiary alicyclic amines) is 1. The molecular weight excluding hydrogens is 300 g/mol. The fraction of sp³-hybridized carbons (Fsp3) is 0.650. The summed E-state index contributed by atoms with van der Waals surface area (Å²) in [6.45, 7) is 2.87. The van der Waals surface area contributed by atoms with Gasteiger partial charge in [0.1, 0.15) is 0 Å². The second kappa shape index (κ2) is 6.40. The molecule has 1 spiro atoms. The van der Waals surface area contributed by atoms with E-state index in [4.69, 9.17) is 0 Å². The summed E-state index contributed by atoms with van der Waals surface area (Å²) < 4.78 is 0. The zero-order valence-electron chi connectivity index (χ0n) is 14.4. The van der Waals surface area contributed by atoms with Crippen LogP contribution in [0.5, 0.6) is 0 Å². The fourth-order valence-corrected chi connectivity index (χ4v) is 5.17. The Morgan fingerprint density at radius 2 is 1.75 bits per heavy atom. The van der Waals surface area contributed by atoms with Crippen molar-refractivity contribution in [1.29, 1.82) is 0 Å². The smallest absolute Gasteiger partial charge is 0.411 e. The van der Waals surface area contributed by atoms with Gasteiger partial charge in [-0.05, 0) is 50.4 Å². The van der Waals surface area contributed by atoms with E-state index >= 15 is 0 Å². The minimum Gasteiger partial charge on any atom is -0.465 e. The summed E-state index contributed by atoms with van der Waals surface area (Å²) in [6.07, 6.45) is 9.61. The number of hydrogen-bond donors (Lipinski definition) is 1. The highest BCUT2D eigenvalue weighted by Crippen LogP contribution is 2.47. The molecule has 132 valence electrons. The van der Waals surface area contributed by atoms with Crippen LogP contribution in [0.2, 0.25) is 0 Å². The number of carboxylic acid groups (broad SMARTS) is 1. The van der Waals surface area contributed by atoms with Gasteiger partial charge in [-0.15, -0.1) is 0 Å². The Morgan fingerprint density at radius 1 is 1.08 bits per heavy atom. The van der Waals surface area contributed by atoms with Crippen LogP contribution in [0, 0.1) is 0 Å². The molecule has 0 atom stereocenters. The Morgan fingerprint density at radius 3 is 2.42 bits per heavy atom. The fourth-order valence-electron chi connectivity index (χ4n) is 5.17. The molecule has 0 unspecified atom stereocenters. The lowest BCUT2D eigenvalue weighted by atomic mass is 9.74. The number of hydrogen-bond acceptors (Lipinski definition) is 2. The van der Waals surface area contributed by atoms with Gasteiger partial charge < -0.3 is 10.0 Å².